The molecule has 0 fully saturated rings. The molecule has 10 heteroatoms. The second kappa shape index (κ2) is 22.7. The van der Waals surface area contributed by atoms with Gasteiger partial charge in [0.05, 0.1) is 34.4 Å². The summed E-state index contributed by atoms with van der Waals surface area (Å²) in [5.74, 6) is 0.272. The maximum absolute atomic E-state index is 12.2. The van der Waals surface area contributed by atoms with Crippen molar-refractivity contribution in [3.63, 3.8) is 0 Å². The van der Waals surface area contributed by atoms with E-state index < -0.39 is 13.9 Å². The number of likely N-dealkylation sites (N-methyl/N-ethyl adjacent to an activating group) is 1. The van der Waals surface area contributed by atoms with Crippen LogP contribution in [0.25, 0.3) is 0 Å². The molecule has 0 spiro atoms. The normalized spacial score (nSPS) is 14.4. The van der Waals surface area contributed by atoms with Crippen molar-refractivity contribution >= 4 is 7.82 Å². The molecule has 0 aliphatic heterocycles. The van der Waals surface area contributed by atoms with E-state index >= 15 is 0 Å². The van der Waals surface area contributed by atoms with Gasteiger partial charge in [-0.15, -0.1) is 0 Å². The molecule has 0 amide bonds. The van der Waals surface area contributed by atoms with Crippen molar-refractivity contribution < 1.29 is 37.0 Å². The predicted octanol–water partition coefficient (Wildman–Crippen LogP) is 7.54. The second-order valence-corrected chi connectivity index (χ2v) is 13.0. The number of hydrogen-bond acceptors (Lipinski definition) is 7. The number of hydrogen-bond donors (Lipinski definition) is 1. The molecule has 0 bridgehead atoms. The zero-order valence-corrected chi connectivity index (χ0v) is 26.2. The fraction of sp³-hybridized carbons (Fsp3) is 0.897. The first kappa shape index (κ1) is 36.1. The predicted molar refractivity (Wildman–Crippen MR) is 156 cm³/mol. The molecule has 0 aliphatic carbocycles. The van der Waals surface area contributed by atoms with Crippen LogP contribution in [0, 0.1) is 0 Å². The van der Waals surface area contributed by atoms with E-state index in [-0.39, 0.29) is 25.7 Å². The highest BCUT2D eigenvalue weighted by Crippen LogP contribution is 2.43. The highest BCUT2D eigenvalue weighted by molar-refractivity contribution is 7.47. The molecule has 0 saturated heterocycles. The van der Waals surface area contributed by atoms with E-state index in [0.717, 1.165) is 12.8 Å². The van der Waals surface area contributed by atoms with Gasteiger partial charge in [-0.3, -0.25) is 9.05 Å². The number of aromatic nitrogens is 1. The minimum Gasteiger partial charge on any atom is -0.467 e. The zero-order chi connectivity index (χ0) is 28.7. The van der Waals surface area contributed by atoms with Crippen molar-refractivity contribution in [3.05, 3.63) is 12.3 Å². The second-order valence-electron chi connectivity index (χ2n) is 11.6. The van der Waals surface area contributed by atoms with Gasteiger partial charge in [0.1, 0.15) is 25.5 Å². The molecule has 1 N–H and O–H groups in total. The monoisotopic (exact) mass is 577 g/mol. The molecule has 39 heavy (non-hydrogen) atoms. The number of phosphoric acid groups is 1. The maximum Gasteiger partial charge on any atom is 0.472 e. The molecule has 1 unspecified atom stereocenters. The summed E-state index contributed by atoms with van der Waals surface area (Å²) in [5, 5.41) is 3.73. The molecule has 1 rings (SSSR count). The topological polar surface area (TPSA) is 100 Å². The number of quaternary nitrogens is 1. The standard InChI is InChI=1S/C29H57N2O7P/c1-5-6-7-8-9-10-11-12-13-14-15-16-17-18-19-20-23-34-26-28(38-29-21-24-35-30-29)27-37-39(32,33)36-25-22-31(2,3)4/h21,24,28H,5-20,22-23,25-27H2,1-4H3/p+1/t28-/m1/s1. The first-order valence-corrected chi connectivity index (χ1v) is 16.8. The molecule has 230 valence electrons. The molecular weight excluding hydrogens is 519 g/mol. The summed E-state index contributed by atoms with van der Waals surface area (Å²) in [6.45, 7) is 3.62. The summed E-state index contributed by atoms with van der Waals surface area (Å²) in [7, 11) is 1.74. The van der Waals surface area contributed by atoms with Crippen molar-refractivity contribution in [2.24, 2.45) is 0 Å². The first-order valence-electron chi connectivity index (χ1n) is 15.3. The van der Waals surface area contributed by atoms with Crippen LogP contribution in [0.4, 0.5) is 0 Å². The SMILES string of the molecule is CCCCCCCCCCCCCCCCCCOC[C@H](COP(=O)(O)OCC[N+](C)(C)C)Oc1ccon1. The zero-order valence-electron chi connectivity index (χ0n) is 25.3. The largest absolute Gasteiger partial charge is 0.472 e. The van der Waals surface area contributed by atoms with Crippen molar-refractivity contribution in [1.82, 2.24) is 5.16 Å². The third-order valence-corrected chi connectivity index (χ3v) is 7.57. The molecule has 1 heterocycles. The molecular formula is C29H58N2O7P+. The number of rotatable bonds is 28. The van der Waals surface area contributed by atoms with Crippen molar-refractivity contribution in [1.29, 1.82) is 0 Å². The molecule has 0 aliphatic rings. The Morgan fingerprint density at radius 2 is 1.36 bits per heavy atom. The minimum absolute atomic E-state index is 0.113. The summed E-state index contributed by atoms with van der Waals surface area (Å²) >= 11 is 0. The molecule has 0 radical (unpaired) electrons. The van der Waals surface area contributed by atoms with Gasteiger partial charge < -0.3 is 23.4 Å². The van der Waals surface area contributed by atoms with Crippen LogP contribution in [0.1, 0.15) is 110 Å². The van der Waals surface area contributed by atoms with Gasteiger partial charge in [0.25, 0.3) is 5.88 Å². The van der Waals surface area contributed by atoms with E-state index in [1.807, 2.05) is 21.1 Å². The fourth-order valence-electron chi connectivity index (χ4n) is 4.16. The van der Waals surface area contributed by atoms with Crippen molar-refractivity contribution in [2.45, 2.75) is 116 Å². The summed E-state index contributed by atoms with van der Waals surface area (Å²) in [4.78, 5) is 9.99. The van der Waals surface area contributed by atoms with Crippen molar-refractivity contribution in [3.8, 4) is 5.88 Å². The van der Waals surface area contributed by atoms with E-state index in [0.29, 0.717) is 17.6 Å². The van der Waals surface area contributed by atoms with Gasteiger partial charge in [-0.2, -0.15) is 0 Å². The van der Waals surface area contributed by atoms with Gasteiger partial charge >= 0.3 is 7.82 Å². The fourth-order valence-corrected chi connectivity index (χ4v) is 4.90. The Morgan fingerprint density at radius 3 is 1.85 bits per heavy atom. The van der Waals surface area contributed by atoms with Crippen molar-refractivity contribution in [2.75, 3.05) is 54.1 Å². The Kier molecular flexibility index (Phi) is 21.0. The molecule has 0 aromatic carbocycles. The van der Waals surface area contributed by atoms with Crippen LogP contribution in [0.3, 0.4) is 0 Å². The van der Waals surface area contributed by atoms with E-state index in [4.69, 9.17) is 23.0 Å². The Bertz CT molecular complexity index is 713. The van der Waals surface area contributed by atoms with E-state index in [1.54, 1.807) is 6.07 Å². The van der Waals surface area contributed by atoms with Gasteiger partial charge in [-0.25, -0.2) is 4.57 Å². The Hall–Kier alpha value is -0.960. The lowest BCUT2D eigenvalue weighted by Crippen LogP contribution is -2.37. The maximum atomic E-state index is 12.2. The molecule has 1 aromatic rings. The number of unbranched alkanes of at least 4 members (excludes halogenated alkanes) is 15. The number of nitrogens with zero attached hydrogens (tertiary/aromatic N) is 2. The van der Waals surface area contributed by atoms with Gasteiger partial charge in [0.2, 0.25) is 0 Å². The average Bonchev–Trinajstić information content (AvgIpc) is 3.38. The Balaban J connectivity index is 2.07. The first-order chi connectivity index (χ1) is 18.7. The Labute approximate surface area is 238 Å². The number of phosphoric ester groups is 1. The Morgan fingerprint density at radius 1 is 0.821 bits per heavy atom. The molecule has 2 atom stereocenters. The van der Waals surface area contributed by atoms with E-state index in [9.17, 15) is 9.46 Å². The highest BCUT2D eigenvalue weighted by atomic mass is 31.2. The smallest absolute Gasteiger partial charge is 0.467 e. The van der Waals surface area contributed by atoms with Crippen LogP contribution >= 0.6 is 7.82 Å². The molecule has 0 saturated carbocycles. The van der Waals surface area contributed by atoms with Gasteiger partial charge in [-0.05, 0) is 11.6 Å². The summed E-state index contributed by atoms with van der Waals surface area (Å²) in [6, 6.07) is 1.57. The van der Waals surface area contributed by atoms with Crippen LogP contribution in [0.5, 0.6) is 5.88 Å². The van der Waals surface area contributed by atoms with E-state index in [2.05, 4.69) is 12.1 Å². The third kappa shape index (κ3) is 23.4. The highest BCUT2D eigenvalue weighted by Gasteiger charge is 2.25. The van der Waals surface area contributed by atoms with Crippen LogP contribution < -0.4 is 4.74 Å². The lowest BCUT2D eigenvalue weighted by molar-refractivity contribution is -0.870. The van der Waals surface area contributed by atoms with Gasteiger partial charge in [0, 0.05) is 12.7 Å². The van der Waals surface area contributed by atoms with Gasteiger partial charge in [0.15, 0.2) is 0 Å². The summed E-state index contributed by atoms with van der Waals surface area (Å²) in [5.41, 5.74) is 0. The van der Waals surface area contributed by atoms with Crippen LogP contribution in [-0.4, -0.2) is 74.8 Å². The third-order valence-electron chi connectivity index (χ3n) is 6.59. The number of ether oxygens (including phenoxy) is 2. The van der Waals surface area contributed by atoms with Crippen LogP contribution in [0.2, 0.25) is 0 Å². The van der Waals surface area contributed by atoms with E-state index in [1.165, 1.54) is 96.2 Å². The quantitative estimate of drug-likeness (QED) is 0.0619. The van der Waals surface area contributed by atoms with Crippen LogP contribution in [-0.2, 0) is 18.3 Å². The molecule has 9 nitrogen and oxygen atoms in total. The van der Waals surface area contributed by atoms with Gasteiger partial charge in [-0.1, -0.05) is 103 Å². The lowest BCUT2D eigenvalue weighted by atomic mass is 10.0. The molecule has 1 aromatic heterocycles. The van der Waals surface area contributed by atoms with Crippen LogP contribution in [0.15, 0.2) is 16.9 Å². The average molecular weight is 578 g/mol. The summed E-state index contributed by atoms with van der Waals surface area (Å²) < 4.78 is 39.3. The summed E-state index contributed by atoms with van der Waals surface area (Å²) in [6.07, 6.45) is 22.0. The minimum atomic E-state index is -4.19. The lowest BCUT2D eigenvalue weighted by Gasteiger charge is -2.24.